The quantitative estimate of drug-likeness (QED) is 0.395. The number of aromatic nitrogens is 1. The maximum absolute atomic E-state index is 12.3. The summed E-state index contributed by atoms with van der Waals surface area (Å²) in [5, 5.41) is 3.87. The Balaban J connectivity index is 1.32. The molecule has 158 valence electrons. The normalized spacial score (nSPS) is 11.3. The van der Waals surface area contributed by atoms with Gasteiger partial charge in [-0.15, -0.1) is 13.2 Å². The van der Waals surface area contributed by atoms with Crippen LogP contribution >= 0.6 is 0 Å². The van der Waals surface area contributed by atoms with Crippen molar-refractivity contribution < 1.29 is 27.4 Å². The number of H-pyrrole nitrogens is 1. The number of benzene rings is 3. The second kappa shape index (κ2) is 8.43. The smallest absolute Gasteiger partial charge is 0.457 e. The average molecular weight is 426 g/mol. The van der Waals surface area contributed by atoms with Crippen molar-refractivity contribution in [1.29, 1.82) is 0 Å². The fraction of sp³-hybridized carbons (Fsp3) is 0.0870. The van der Waals surface area contributed by atoms with Crippen LogP contribution in [0.4, 0.5) is 18.9 Å². The van der Waals surface area contributed by atoms with Crippen LogP contribution in [0.5, 0.6) is 17.2 Å². The van der Waals surface area contributed by atoms with Crippen LogP contribution < -0.4 is 14.8 Å². The van der Waals surface area contributed by atoms with Crippen LogP contribution in [0.2, 0.25) is 0 Å². The Labute approximate surface area is 175 Å². The fourth-order valence-electron chi connectivity index (χ4n) is 3.06. The number of nitrogens with one attached hydrogen (secondary N) is 2. The van der Waals surface area contributed by atoms with Crippen molar-refractivity contribution in [2.24, 2.45) is 0 Å². The van der Waals surface area contributed by atoms with Gasteiger partial charge in [0.2, 0.25) is 5.91 Å². The molecule has 0 aliphatic rings. The van der Waals surface area contributed by atoms with E-state index in [2.05, 4.69) is 15.0 Å². The predicted molar refractivity (Wildman–Crippen MR) is 110 cm³/mol. The molecule has 0 aliphatic carbocycles. The lowest BCUT2D eigenvalue weighted by atomic mass is 10.1. The lowest BCUT2D eigenvalue weighted by Gasteiger charge is -2.10. The maximum Gasteiger partial charge on any atom is 0.573 e. The third-order valence-electron chi connectivity index (χ3n) is 4.41. The van der Waals surface area contributed by atoms with E-state index in [1.165, 1.54) is 24.3 Å². The number of carbonyl (C=O) groups excluding carboxylic acids is 1. The number of aromatic amines is 1. The van der Waals surface area contributed by atoms with Gasteiger partial charge in [0, 0.05) is 17.4 Å². The molecule has 8 heteroatoms. The highest BCUT2D eigenvalue weighted by Gasteiger charge is 2.30. The molecule has 31 heavy (non-hydrogen) atoms. The zero-order valence-electron chi connectivity index (χ0n) is 16.1. The first kappa shape index (κ1) is 20.3. The van der Waals surface area contributed by atoms with Crippen molar-refractivity contribution in [3.63, 3.8) is 0 Å². The zero-order chi connectivity index (χ0) is 21.8. The second-order valence-corrected chi connectivity index (χ2v) is 6.77. The molecule has 0 unspecified atom stereocenters. The van der Waals surface area contributed by atoms with Crippen molar-refractivity contribution in [3.8, 4) is 17.2 Å². The molecular formula is C23H17F3N2O3. The number of amides is 1. The van der Waals surface area contributed by atoms with Gasteiger partial charge < -0.3 is 19.8 Å². The number of rotatable bonds is 6. The number of halogens is 3. The van der Waals surface area contributed by atoms with Gasteiger partial charge in [0.05, 0.1) is 6.42 Å². The molecule has 1 amide bonds. The van der Waals surface area contributed by atoms with Gasteiger partial charge in [-0.3, -0.25) is 4.79 Å². The molecule has 2 N–H and O–H groups in total. The molecule has 0 radical (unpaired) electrons. The van der Waals surface area contributed by atoms with Gasteiger partial charge in [-0.25, -0.2) is 0 Å². The van der Waals surface area contributed by atoms with Gasteiger partial charge >= 0.3 is 6.36 Å². The zero-order valence-corrected chi connectivity index (χ0v) is 16.1. The van der Waals surface area contributed by atoms with E-state index in [-0.39, 0.29) is 18.1 Å². The van der Waals surface area contributed by atoms with Crippen LogP contribution in [-0.4, -0.2) is 17.3 Å². The summed E-state index contributed by atoms with van der Waals surface area (Å²) in [7, 11) is 0. The second-order valence-electron chi connectivity index (χ2n) is 6.77. The molecule has 1 heterocycles. The van der Waals surface area contributed by atoms with Gasteiger partial charge in [-0.2, -0.15) is 0 Å². The van der Waals surface area contributed by atoms with Gasteiger partial charge in [0.1, 0.15) is 17.2 Å². The number of hydrogen-bond acceptors (Lipinski definition) is 3. The van der Waals surface area contributed by atoms with Crippen LogP contribution in [0.25, 0.3) is 10.9 Å². The lowest BCUT2D eigenvalue weighted by Crippen LogP contribution is -2.16. The standard InChI is InChI=1S/C23H17F3N2O3/c24-23(25,26)31-20-8-6-19(7-9-20)30-18-4-2-17(3-5-18)28-22(29)14-15-1-10-21-16(13-15)11-12-27-21/h1-13,27H,14H2,(H,28,29). The molecular weight excluding hydrogens is 409 g/mol. The Hall–Kier alpha value is -3.94. The van der Waals surface area contributed by atoms with E-state index in [9.17, 15) is 18.0 Å². The Morgan fingerprint density at radius 3 is 2.19 bits per heavy atom. The largest absolute Gasteiger partial charge is 0.573 e. The molecule has 0 bridgehead atoms. The topological polar surface area (TPSA) is 63.4 Å². The summed E-state index contributed by atoms with van der Waals surface area (Å²) in [4.78, 5) is 15.4. The monoisotopic (exact) mass is 426 g/mol. The van der Waals surface area contributed by atoms with Crippen molar-refractivity contribution in [3.05, 3.63) is 84.6 Å². The fourth-order valence-corrected chi connectivity index (χ4v) is 3.06. The minimum atomic E-state index is -4.74. The Morgan fingerprint density at radius 2 is 1.52 bits per heavy atom. The summed E-state index contributed by atoms with van der Waals surface area (Å²) < 4.78 is 46.0. The van der Waals surface area contributed by atoms with E-state index < -0.39 is 6.36 Å². The first-order valence-electron chi connectivity index (χ1n) is 9.34. The average Bonchev–Trinajstić information content (AvgIpc) is 3.18. The van der Waals surface area contributed by atoms with Crippen molar-refractivity contribution in [2.45, 2.75) is 12.8 Å². The molecule has 5 nitrogen and oxygen atoms in total. The molecule has 1 aromatic heterocycles. The number of carbonyl (C=O) groups is 1. The SMILES string of the molecule is O=C(Cc1ccc2[nH]ccc2c1)Nc1ccc(Oc2ccc(OC(F)(F)F)cc2)cc1. The van der Waals surface area contributed by atoms with Gasteiger partial charge in [-0.05, 0) is 77.7 Å². The van der Waals surface area contributed by atoms with Crippen molar-refractivity contribution >= 4 is 22.5 Å². The van der Waals surface area contributed by atoms with E-state index in [1.54, 1.807) is 24.3 Å². The van der Waals surface area contributed by atoms with Crippen LogP contribution in [0.3, 0.4) is 0 Å². The van der Waals surface area contributed by atoms with Gasteiger partial charge in [0.15, 0.2) is 0 Å². The molecule has 3 aromatic carbocycles. The number of ether oxygens (including phenoxy) is 2. The highest BCUT2D eigenvalue weighted by molar-refractivity contribution is 5.93. The number of hydrogen-bond donors (Lipinski definition) is 2. The first-order valence-corrected chi connectivity index (χ1v) is 9.34. The minimum Gasteiger partial charge on any atom is -0.457 e. The summed E-state index contributed by atoms with van der Waals surface area (Å²) in [6, 6.07) is 19.5. The van der Waals surface area contributed by atoms with E-state index in [4.69, 9.17) is 4.74 Å². The molecule has 0 atom stereocenters. The molecule has 4 aromatic rings. The van der Waals surface area contributed by atoms with Crippen LogP contribution in [0.1, 0.15) is 5.56 Å². The highest BCUT2D eigenvalue weighted by atomic mass is 19.4. The lowest BCUT2D eigenvalue weighted by molar-refractivity contribution is -0.274. The number of alkyl halides is 3. The summed E-state index contributed by atoms with van der Waals surface area (Å²) in [6.45, 7) is 0. The Kier molecular flexibility index (Phi) is 5.53. The van der Waals surface area contributed by atoms with E-state index in [1.807, 2.05) is 30.5 Å². The van der Waals surface area contributed by atoms with Crippen LogP contribution in [-0.2, 0) is 11.2 Å². The number of anilines is 1. The molecule has 0 saturated heterocycles. The minimum absolute atomic E-state index is 0.149. The predicted octanol–water partition coefficient (Wildman–Crippen LogP) is 6.04. The summed E-state index contributed by atoms with van der Waals surface area (Å²) in [6.07, 6.45) is -2.65. The Morgan fingerprint density at radius 1 is 0.871 bits per heavy atom. The molecule has 0 aliphatic heterocycles. The molecule has 4 rings (SSSR count). The van der Waals surface area contributed by atoms with Crippen LogP contribution in [0.15, 0.2) is 79.0 Å². The van der Waals surface area contributed by atoms with Crippen molar-refractivity contribution in [1.82, 2.24) is 4.98 Å². The highest BCUT2D eigenvalue weighted by Crippen LogP contribution is 2.28. The molecule has 0 spiro atoms. The first-order chi connectivity index (χ1) is 14.8. The summed E-state index contributed by atoms with van der Waals surface area (Å²) in [5.74, 6) is 0.351. The molecule has 0 saturated carbocycles. The van der Waals surface area contributed by atoms with Gasteiger partial charge in [0.25, 0.3) is 0 Å². The summed E-state index contributed by atoms with van der Waals surface area (Å²) in [5.41, 5.74) is 2.53. The van der Waals surface area contributed by atoms with Crippen LogP contribution in [0, 0.1) is 0 Å². The third kappa shape index (κ3) is 5.57. The van der Waals surface area contributed by atoms with Gasteiger partial charge in [-0.1, -0.05) is 6.07 Å². The Bertz CT molecular complexity index is 1180. The molecule has 0 fully saturated rings. The third-order valence-corrected chi connectivity index (χ3v) is 4.41. The van der Waals surface area contributed by atoms with Crippen molar-refractivity contribution in [2.75, 3.05) is 5.32 Å². The maximum atomic E-state index is 12.3. The van der Waals surface area contributed by atoms with E-state index in [0.29, 0.717) is 17.2 Å². The summed E-state index contributed by atoms with van der Waals surface area (Å²) >= 11 is 0. The van der Waals surface area contributed by atoms with E-state index >= 15 is 0 Å². The van der Waals surface area contributed by atoms with E-state index in [0.717, 1.165) is 16.5 Å². The number of fused-ring (bicyclic) bond motifs is 1.